The van der Waals surface area contributed by atoms with E-state index in [1.165, 1.54) is 0 Å². The molecule has 2 N–H and O–H groups in total. The summed E-state index contributed by atoms with van der Waals surface area (Å²) in [4.78, 5) is 22.7. The van der Waals surface area contributed by atoms with Crippen molar-refractivity contribution in [3.05, 3.63) is 40.9 Å². The molecule has 0 spiro atoms. The number of hydrogen-bond acceptors (Lipinski definition) is 3. The van der Waals surface area contributed by atoms with Gasteiger partial charge in [0.05, 0.1) is 12.2 Å². The number of benzene rings is 1. The fourth-order valence-corrected chi connectivity index (χ4v) is 1.43. The van der Waals surface area contributed by atoms with Gasteiger partial charge in [0.2, 0.25) is 5.91 Å². The highest BCUT2D eigenvalue weighted by molar-refractivity contribution is 6.30. The van der Waals surface area contributed by atoms with Gasteiger partial charge in [0.1, 0.15) is 0 Å². The topological polar surface area (TPSA) is 69.4 Å². The SMILES string of the molecule is CCCOC(=O)/C(=C\C(N)=O)c1ccc(Cl)cc1. The molecule has 18 heavy (non-hydrogen) atoms. The molecular weight excluding hydrogens is 254 g/mol. The summed E-state index contributed by atoms with van der Waals surface area (Å²) < 4.78 is 4.99. The number of rotatable bonds is 5. The van der Waals surface area contributed by atoms with Crippen molar-refractivity contribution < 1.29 is 14.3 Å². The van der Waals surface area contributed by atoms with Crippen molar-refractivity contribution in [3.8, 4) is 0 Å². The van der Waals surface area contributed by atoms with E-state index in [1.54, 1.807) is 24.3 Å². The van der Waals surface area contributed by atoms with Gasteiger partial charge >= 0.3 is 5.97 Å². The fourth-order valence-electron chi connectivity index (χ4n) is 1.30. The van der Waals surface area contributed by atoms with Crippen LogP contribution in [0.2, 0.25) is 5.02 Å². The quantitative estimate of drug-likeness (QED) is 0.656. The lowest BCUT2D eigenvalue weighted by atomic mass is 10.1. The Morgan fingerprint density at radius 2 is 1.94 bits per heavy atom. The zero-order valence-corrected chi connectivity index (χ0v) is 10.7. The second kappa shape index (κ2) is 6.81. The molecule has 0 radical (unpaired) electrons. The molecule has 0 unspecified atom stereocenters. The molecular formula is C13H14ClNO3. The lowest BCUT2D eigenvalue weighted by Crippen LogP contribution is -2.13. The maximum atomic E-state index is 11.8. The summed E-state index contributed by atoms with van der Waals surface area (Å²) in [7, 11) is 0. The highest BCUT2D eigenvalue weighted by Crippen LogP contribution is 2.19. The van der Waals surface area contributed by atoms with Crippen LogP contribution >= 0.6 is 11.6 Å². The van der Waals surface area contributed by atoms with Gasteiger partial charge in [-0.15, -0.1) is 0 Å². The van der Waals surface area contributed by atoms with Gasteiger partial charge < -0.3 is 10.5 Å². The van der Waals surface area contributed by atoms with Crippen molar-refractivity contribution >= 4 is 29.1 Å². The van der Waals surface area contributed by atoms with Crippen molar-refractivity contribution in [2.45, 2.75) is 13.3 Å². The molecule has 96 valence electrons. The zero-order chi connectivity index (χ0) is 13.5. The van der Waals surface area contributed by atoms with Crippen molar-refractivity contribution in [3.63, 3.8) is 0 Å². The molecule has 1 aromatic rings. The number of nitrogens with two attached hydrogens (primary N) is 1. The summed E-state index contributed by atoms with van der Waals surface area (Å²) in [6.45, 7) is 2.18. The fraction of sp³-hybridized carbons (Fsp3) is 0.231. The van der Waals surface area contributed by atoms with Crippen LogP contribution in [0.3, 0.4) is 0 Å². The monoisotopic (exact) mass is 267 g/mol. The molecule has 0 aliphatic rings. The van der Waals surface area contributed by atoms with Crippen LogP contribution in [-0.4, -0.2) is 18.5 Å². The second-order valence-corrected chi connectivity index (χ2v) is 4.04. The standard InChI is InChI=1S/C13H14ClNO3/c1-2-7-18-13(17)11(8-12(15)16)9-3-5-10(14)6-4-9/h3-6,8H,2,7H2,1H3,(H2,15,16)/b11-8-. The molecule has 0 aliphatic carbocycles. The van der Waals surface area contributed by atoms with E-state index < -0.39 is 11.9 Å². The Morgan fingerprint density at radius 1 is 1.33 bits per heavy atom. The van der Waals surface area contributed by atoms with Crippen LogP contribution in [0.15, 0.2) is 30.3 Å². The maximum Gasteiger partial charge on any atom is 0.338 e. The number of amides is 1. The lowest BCUT2D eigenvalue weighted by Gasteiger charge is -2.07. The average Bonchev–Trinajstić information content (AvgIpc) is 2.34. The van der Waals surface area contributed by atoms with E-state index in [0.717, 1.165) is 6.08 Å². The van der Waals surface area contributed by atoms with Gasteiger partial charge in [0.15, 0.2) is 0 Å². The molecule has 1 rings (SSSR count). The van der Waals surface area contributed by atoms with Crippen molar-refractivity contribution in [2.24, 2.45) is 5.73 Å². The first kappa shape index (κ1) is 14.3. The van der Waals surface area contributed by atoms with Gasteiger partial charge in [-0.25, -0.2) is 4.79 Å². The third-order valence-electron chi connectivity index (χ3n) is 2.10. The van der Waals surface area contributed by atoms with Gasteiger partial charge in [0.25, 0.3) is 0 Å². The molecule has 1 amide bonds. The minimum Gasteiger partial charge on any atom is -0.462 e. The van der Waals surface area contributed by atoms with Crippen LogP contribution in [0.5, 0.6) is 0 Å². The number of carbonyl (C=O) groups is 2. The van der Waals surface area contributed by atoms with Crippen LogP contribution in [-0.2, 0) is 14.3 Å². The summed E-state index contributed by atoms with van der Waals surface area (Å²) >= 11 is 5.76. The van der Waals surface area contributed by atoms with Gasteiger partial charge in [-0.05, 0) is 24.1 Å². The minimum atomic E-state index is -0.701. The van der Waals surface area contributed by atoms with Gasteiger partial charge in [-0.1, -0.05) is 30.7 Å². The summed E-state index contributed by atoms with van der Waals surface area (Å²) in [5.41, 5.74) is 5.75. The van der Waals surface area contributed by atoms with E-state index in [-0.39, 0.29) is 5.57 Å². The highest BCUT2D eigenvalue weighted by Gasteiger charge is 2.14. The van der Waals surface area contributed by atoms with Crippen LogP contribution in [0.1, 0.15) is 18.9 Å². The van der Waals surface area contributed by atoms with E-state index in [4.69, 9.17) is 22.1 Å². The highest BCUT2D eigenvalue weighted by atomic mass is 35.5. The summed E-state index contributed by atoms with van der Waals surface area (Å²) in [5.74, 6) is -1.27. The molecule has 0 heterocycles. The Kier molecular flexibility index (Phi) is 5.39. The predicted molar refractivity (Wildman–Crippen MR) is 69.9 cm³/mol. The van der Waals surface area contributed by atoms with Crippen molar-refractivity contribution in [1.29, 1.82) is 0 Å². The molecule has 4 nitrogen and oxygen atoms in total. The third kappa shape index (κ3) is 4.22. The minimum absolute atomic E-state index is 0.132. The van der Waals surface area contributed by atoms with E-state index in [1.807, 2.05) is 6.92 Å². The second-order valence-electron chi connectivity index (χ2n) is 3.60. The van der Waals surface area contributed by atoms with E-state index in [0.29, 0.717) is 23.6 Å². The number of carbonyl (C=O) groups excluding carboxylic acids is 2. The Bertz CT molecular complexity index is 466. The molecule has 0 bridgehead atoms. The molecule has 0 aliphatic heterocycles. The van der Waals surface area contributed by atoms with E-state index in [2.05, 4.69) is 0 Å². The van der Waals surface area contributed by atoms with Gasteiger partial charge in [0, 0.05) is 11.1 Å². The zero-order valence-electron chi connectivity index (χ0n) is 9.98. The first-order valence-corrected chi connectivity index (χ1v) is 5.86. The average molecular weight is 268 g/mol. The molecule has 5 heteroatoms. The van der Waals surface area contributed by atoms with Gasteiger partial charge in [-0.2, -0.15) is 0 Å². The molecule has 0 atom stereocenters. The first-order chi connectivity index (χ1) is 8.54. The summed E-state index contributed by atoms with van der Waals surface area (Å²) in [6, 6.07) is 6.51. The lowest BCUT2D eigenvalue weighted by molar-refractivity contribution is -0.136. The number of ether oxygens (including phenoxy) is 1. The summed E-state index contributed by atoms with van der Waals surface area (Å²) in [6.07, 6.45) is 1.76. The number of halogens is 1. The van der Waals surface area contributed by atoms with Crippen LogP contribution in [0, 0.1) is 0 Å². The molecule has 0 saturated carbocycles. The van der Waals surface area contributed by atoms with Gasteiger partial charge in [-0.3, -0.25) is 4.79 Å². The Labute approximate surface area is 110 Å². The molecule has 1 aromatic carbocycles. The predicted octanol–water partition coefficient (Wildman–Crippen LogP) is 2.16. The number of esters is 1. The van der Waals surface area contributed by atoms with E-state index in [9.17, 15) is 9.59 Å². The summed E-state index contributed by atoms with van der Waals surface area (Å²) in [5, 5.41) is 0.541. The largest absolute Gasteiger partial charge is 0.462 e. The molecule has 0 aromatic heterocycles. The Morgan fingerprint density at radius 3 is 2.44 bits per heavy atom. The number of hydrogen-bond donors (Lipinski definition) is 1. The molecule has 0 fully saturated rings. The number of primary amides is 1. The Balaban J connectivity index is 3.02. The van der Waals surface area contributed by atoms with Crippen LogP contribution in [0.25, 0.3) is 5.57 Å². The third-order valence-corrected chi connectivity index (χ3v) is 2.35. The van der Waals surface area contributed by atoms with Crippen LogP contribution in [0.4, 0.5) is 0 Å². The smallest absolute Gasteiger partial charge is 0.338 e. The maximum absolute atomic E-state index is 11.8. The van der Waals surface area contributed by atoms with Crippen LogP contribution < -0.4 is 5.73 Å². The Hall–Kier alpha value is -1.81. The van der Waals surface area contributed by atoms with Crippen molar-refractivity contribution in [1.82, 2.24) is 0 Å². The first-order valence-electron chi connectivity index (χ1n) is 5.48. The normalized spacial score (nSPS) is 11.1. The van der Waals surface area contributed by atoms with Crippen molar-refractivity contribution in [2.75, 3.05) is 6.61 Å². The van der Waals surface area contributed by atoms with E-state index >= 15 is 0 Å². The molecule has 0 saturated heterocycles.